The van der Waals surface area contributed by atoms with Crippen LogP contribution in [0.3, 0.4) is 0 Å². The van der Waals surface area contributed by atoms with E-state index in [0.29, 0.717) is 5.76 Å². The molecule has 1 atom stereocenters. The molecule has 0 amide bonds. The number of rotatable bonds is 2. The lowest BCUT2D eigenvalue weighted by Gasteiger charge is -2.04. The van der Waals surface area contributed by atoms with E-state index in [9.17, 15) is 5.11 Å². The normalized spacial score (nSPS) is 16.6. The third kappa shape index (κ3) is 2.41. The van der Waals surface area contributed by atoms with Crippen LogP contribution in [0.2, 0.25) is 0 Å². The lowest BCUT2D eigenvalue weighted by Crippen LogP contribution is -1.94. The molecule has 2 aromatic heterocycles. The Morgan fingerprint density at radius 1 is 1.05 bits per heavy atom. The van der Waals surface area contributed by atoms with Crippen molar-refractivity contribution in [3.05, 3.63) is 57.5 Å². The van der Waals surface area contributed by atoms with Gasteiger partial charge in [0.15, 0.2) is 0 Å². The molecule has 0 aliphatic heterocycles. The van der Waals surface area contributed by atoms with Crippen LogP contribution in [0.4, 0.5) is 0 Å². The van der Waals surface area contributed by atoms with Gasteiger partial charge in [-0.2, -0.15) is 0 Å². The lowest BCUT2D eigenvalue weighted by atomic mass is 10.1. The largest absolute Gasteiger partial charge is 0.458 e. The van der Waals surface area contributed by atoms with Crippen LogP contribution in [0.5, 0.6) is 0 Å². The van der Waals surface area contributed by atoms with E-state index in [1.54, 1.807) is 11.3 Å². The number of hydrogen-bond acceptors (Lipinski definition) is 3. The second-order valence-corrected chi connectivity index (χ2v) is 6.92. The van der Waals surface area contributed by atoms with Crippen LogP contribution >= 0.6 is 11.3 Å². The summed E-state index contributed by atoms with van der Waals surface area (Å²) in [5.74, 6) is 0.646. The molecule has 0 spiro atoms. The van der Waals surface area contributed by atoms with Crippen molar-refractivity contribution in [2.75, 3.05) is 0 Å². The van der Waals surface area contributed by atoms with Crippen molar-refractivity contribution in [2.24, 2.45) is 0 Å². The average molecular weight is 298 g/mol. The summed E-state index contributed by atoms with van der Waals surface area (Å²) in [5.41, 5.74) is 2.27. The number of para-hydroxylation sites is 1. The molecule has 4 rings (SSSR count). The number of furan rings is 1. The molecule has 3 aromatic rings. The van der Waals surface area contributed by atoms with Crippen LogP contribution in [-0.2, 0) is 12.8 Å². The Hall–Kier alpha value is -1.58. The van der Waals surface area contributed by atoms with Gasteiger partial charge >= 0.3 is 0 Å². The second-order valence-electron chi connectivity index (χ2n) is 5.75. The van der Waals surface area contributed by atoms with Gasteiger partial charge in [0.1, 0.15) is 17.4 Å². The molecule has 0 bridgehead atoms. The van der Waals surface area contributed by atoms with Crippen LogP contribution in [0.15, 0.2) is 40.8 Å². The summed E-state index contributed by atoms with van der Waals surface area (Å²) in [7, 11) is 0. The molecule has 3 heteroatoms. The van der Waals surface area contributed by atoms with Crippen molar-refractivity contribution >= 4 is 22.3 Å². The molecule has 2 heterocycles. The van der Waals surface area contributed by atoms with Gasteiger partial charge in [-0.1, -0.05) is 24.6 Å². The fourth-order valence-electron chi connectivity index (χ4n) is 3.10. The van der Waals surface area contributed by atoms with E-state index in [0.717, 1.165) is 28.7 Å². The number of aryl methyl sites for hydroxylation is 2. The van der Waals surface area contributed by atoms with E-state index in [2.05, 4.69) is 6.07 Å². The molecule has 1 N–H and O–H groups in total. The first-order valence-electron chi connectivity index (χ1n) is 7.59. The predicted molar refractivity (Wildman–Crippen MR) is 85.9 cm³/mol. The number of aliphatic hydroxyl groups is 1. The van der Waals surface area contributed by atoms with Gasteiger partial charge in [-0.15, -0.1) is 11.3 Å². The maximum absolute atomic E-state index is 10.6. The van der Waals surface area contributed by atoms with Gasteiger partial charge in [-0.25, -0.2) is 0 Å². The van der Waals surface area contributed by atoms with Crippen molar-refractivity contribution in [1.82, 2.24) is 0 Å². The van der Waals surface area contributed by atoms with Crippen molar-refractivity contribution in [3.8, 4) is 0 Å². The Balaban J connectivity index is 1.69. The number of thiophene rings is 1. The zero-order valence-corrected chi connectivity index (χ0v) is 12.7. The molecule has 21 heavy (non-hydrogen) atoms. The summed E-state index contributed by atoms with van der Waals surface area (Å²) in [5, 5.41) is 11.7. The molecule has 1 aliphatic carbocycles. The Morgan fingerprint density at radius 2 is 1.90 bits per heavy atom. The molecule has 0 fully saturated rings. The summed E-state index contributed by atoms with van der Waals surface area (Å²) in [6.07, 6.45) is 5.53. The van der Waals surface area contributed by atoms with Crippen molar-refractivity contribution in [1.29, 1.82) is 0 Å². The molecule has 0 radical (unpaired) electrons. The van der Waals surface area contributed by atoms with Gasteiger partial charge in [-0.05, 0) is 49.4 Å². The van der Waals surface area contributed by atoms with Gasteiger partial charge < -0.3 is 9.52 Å². The first kappa shape index (κ1) is 13.1. The third-order valence-electron chi connectivity index (χ3n) is 4.25. The fourth-order valence-corrected chi connectivity index (χ4v) is 4.35. The molecular weight excluding hydrogens is 280 g/mol. The van der Waals surface area contributed by atoms with E-state index in [1.807, 2.05) is 30.3 Å². The van der Waals surface area contributed by atoms with Crippen LogP contribution < -0.4 is 0 Å². The third-order valence-corrected chi connectivity index (χ3v) is 5.54. The summed E-state index contributed by atoms with van der Waals surface area (Å²) in [4.78, 5) is 2.47. The molecule has 0 saturated carbocycles. The van der Waals surface area contributed by atoms with Crippen molar-refractivity contribution in [3.63, 3.8) is 0 Å². The maximum atomic E-state index is 10.6. The average Bonchev–Trinajstić information content (AvgIpc) is 3.05. The van der Waals surface area contributed by atoms with Crippen molar-refractivity contribution < 1.29 is 9.52 Å². The number of benzene rings is 1. The summed E-state index contributed by atoms with van der Waals surface area (Å²) in [6, 6.07) is 12.0. The van der Waals surface area contributed by atoms with E-state index < -0.39 is 6.10 Å². The highest BCUT2D eigenvalue weighted by atomic mass is 32.1. The summed E-state index contributed by atoms with van der Waals surface area (Å²) in [6.45, 7) is 0. The van der Waals surface area contributed by atoms with Gasteiger partial charge in [-0.3, -0.25) is 0 Å². The highest BCUT2D eigenvalue weighted by Gasteiger charge is 2.20. The molecule has 108 valence electrons. The minimum absolute atomic E-state index is 0.644. The topological polar surface area (TPSA) is 33.4 Å². The number of hydrogen-bond donors (Lipinski definition) is 1. The predicted octanol–water partition coefficient (Wildman–Crippen LogP) is 4.84. The van der Waals surface area contributed by atoms with Gasteiger partial charge in [0.05, 0.1) is 0 Å². The maximum Gasteiger partial charge on any atom is 0.146 e. The lowest BCUT2D eigenvalue weighted by molar-refractivity contribution is 0.196. The molecule has 0 saturated heterocycles. The molecule has 1 unspecified atom stereocenters. The SMILES string of the molecule is OC(c1cc2ccccc2o1)c1cc2c(s1)CCCCC2. The molecule has 2 nitrogen and oxygen atoms in total. The smallest absolute Gasteiger partial charge is 0.146 e. The van der Waals surface area contributed by atoms with Crippen molar-refractivity contribution in [2.45, 2.75) is 38.2 Å². The zero-order chi connectivity index (χ0) is 14.2. The van der Waals surface area contributed by atoms with E-state index in [4.69, 9.17) is 4.42 Å². The second kappa shape index (κ2) is 5.32. The molecule has 1 aromatic carbocycles. The standard InChI is InChI=1S/C18H18O2S/c19-18(15-10-12-6-4-5-8-14(12)20-15)17-11-13-7-2-1-3-9-16(13)21-17/h4-6,8,10-11,18-19H,1-3,7,9H2. The molecular formula is C18H18O2S. The van der Waals surface area contributed by atoms with Crippen LogP contribution in [0, 0.1) is 0 Å². The van der Waals surface area contributed by atoms with Crippen LogP contribution in [0.1, 0.15) is 46.4 Å². The minimum Gasteiger partial charge on any atom is -0.458 e. The number of aliphatic hydroxyl groups excluding tert-OH is 1. The van der Waals surface area contributed by atoms with Gasteiger partial charge in [0, 0.05) is 15.1 Å². The Bertz CT molecular complexity index is 712. The Morgan fingerprint density at radius 3 is 2.81 bits per heavy atom. The Labute approximate surface area is 128 Å². The fraction of sp³-hybridized carbons (Fsp3) is 0.333. The van der Waals surface area contributed by atoms with E-state index in [1.165, 1.54) is 29.7 Å². The first-order chi connectivity index (χ1) is 10.3. The number of fused-ring (bicyclic) bond motifs is 2. The summed E-state index contributed by atoms with van der Waals surface area (Å²) < 4.78 is 5.80. The highest BCUT2D eigenvalue weighted by Crippen LogP contribution is 2.36. The monoisotopic (exact) mass is 298 g/mol. The van der Waals surface area contributed by atoms with Crippen LogP contribution in [0.25, 0.3) is 11.0 Å². The van der Waals surface area contributed by atoms with Crippen LogP contribution in [-0.4, -0.2) is 5.11 Å². The Kier molecular flexibility index (Phi) is 3.32. The minimum atomic E-state index is -0.644. The van der Waals surface area contributed by atoms with Gasteiger partial charge in [0.2, 0.25) is 0 Å². The molecule has 1 aliphatic rings. The highest BCUT2D eigenvalue weighted by molar-refractivity contribution is 7.12. The quantitative estimate of drug-likeness (QED) is 0.686. The van der Waals surface area contributed by atoms with Gasteiger partial charge in [0.25, 0.3) is 0 Å². The zero-order valence-electron chi connectivity index (χ0n) is 11.8. The first-order valence-corrected chi connectivity index (χ1v) is 8.41. The summed E-state index contributed by atoms with van der Waals surface area (Å²) >= 11 is 1.75. The van der Waals surface area contributed by atoms with E-state index in [-0.39, 0.29) is 0 Å². The van der Waals surface area contributed by atoms with E-state index >= 15 is 0 Å².